The van der Waals surface area contributed by atoms with Crippen LogP contribution in [0.5, 0.6) is 0 Å². The van der Waals surface area contributed by atoms with Crippen LogP contribution in [0.4, 0.5) is 0 Å². The topological polar surface area (TPSA) is 0 Å². The fourth-order valence-corrected chi connectivity index (χ4v) is 3.91. The van der Waals surface area contributed by atoms with Crippen molar-refractivity contribution in [2.75, 3.05) is 6.66 Å². The molecule has 102 valence electrons. The van der Waals surface area contributed by atoms with Gasteiger partial charge in [0.15, 0.2) is 0 Å². The molecule has 0 bridgehead atoms. The Balaban J connectivity index is 5.39. The van der Waals surface area contributed by atoms with Gasteiger partial charge in [0.2, 0.25) is 0 Å². The van der Waals surface area contributed by atoms with Gasteiger partial charge in [-0.15, -0.1) is 26.2 Å². The summed E-state index contributed by atoms with van der Waals surface area (Å²) in [5.74, 6) is 4.13. The van der Waals surface area contributed by atoms with E-state index >= 15 is 0 Å². The molecule has 18 heavy (non-hydrogen) atoms. The summed E-state index contributed by atoms with van der Waals surface area (Å²) in [7, 11) is -0.585. The Morgan fingerprint density at radius 3 is 1.89 bits per heavy atom. The average Bonchev–Trinajstić information content (AvgIpc) is 2.23. The van der Waals surface area contributed by atoms with Crippen molar-refractivity contribution in [2.24, 2.45) is 17.8 Å². The molecule has 0 fully saturated rings. The Bertz CT molecular complexity index is 370. The van der Waals surface area contributed by atoms with Crippen LogP contribution < -0.4 is 0 Å². The van der Waals surface area contributed by atoms with E-state index in [-0.39, 0.29) is 0 Å². The predicted octanol–water partition coefficient (Wildman–Crippen LogP) is 4.69. The fraction of sp³-hybridized carbons (Fsp3) is 0.588. The quantitative estimate of drug-likeness (QED) is 0.355. The molecule has 0 aliphatic rings. The molecule has 0 saturated carbocycles. The minimum atomic E-state index is -0.585. The second kappa shape index (κ2) is 7.70. The number of hydrogen-bond acceptors (Lipinski definition) is 0. The van der Waals surface area contributed by atoms with Crippen molar-refractivity contribution in [1.82, 2.24) is 0 Å². The van der Waals surface area contributed by atoms with E-state index < -0.39 is 7.55 Å². The number of rotatable bonds is 7. The summed E-state index contributed by atoms with van der Waals surface area (Å²) in [6.45, 7) is 19.4. The number of terminal acetylenes is 1. The van der Waals surface area contributed by atoms with Crippen LogP contribution >= 0.6 is 7.55 Å². The normalized spacial score (nSPS) is 19.1. The molecular weight excluding hydrogens is 235 g/mol. The van der Waals surface area contributed by atoms with E-state index in [1.165, 1.54) is 11.1 Å². The molecule has 0 aliphatic carbocycles. The van der Waals surface area contributed by atoms with E-state index in [9.17, 15) is 0 Å². The molecule has 5 atom stereocenters. The van der Waals surface area contributed by atoms with Crippen molar-refractivity contribution in [3.05, 3.63) is 24.3 Å². The van der Waals surface area contributed by atoms with Crippen LogP contribution in [0.25, 0.3) is 0 Å². The first-order valence-corrected chi connectivity index (χ1v) is 8.92. The smallest absolute Gasteiger partial charge is 0.0118 e. The summed E-state index contributed by atoms with van der Waals surface area (Å²) in [6.07, 6.45) is 10.6. The van der Waals surface area contributed by atoms with Crippen LogP contribution in [-0.2, 0) is 0 Å². The molecule has 0 rings (SSSR count). The lowest BCUT2D eigenvalue weighted by Gasteiger charge is -2.37. The minimum absolute atomic E-state index is 0.426. The van der Waals surface area contributed by atoms with Crippen molar-refractivity contribution in [1.29, 1.82) is 0 Å². The maximum Gasteiger partial charge on any atom is 0.0118 e. The maximum absolute atomic E-state index is 5.47. The van der Waals surface area contributed by atoms with Gasteiger partial charge in [0.25, 0.3) is 0 Å². The third-order valence-electron chi connectivity index (χ3n) is 3.89. The first kappa shape index (κ1) is 17.3. The molecule has 0 aromatic carbocycles. The van der Waals surface area contributed by atoms with E-state index in [4.69, 9.17) is 6.42 Å². The minimum Gasteiger partial charge on any atom is -0.124 e. The summed E-state index contributed by atoms with van der Waals surface area (Å²) >= 11 is 0. The van der Waals surface area contributed by atoms with E-state index in [2.05, 4.69) is 59.7 Å². The zero-order chi connectivity index (χ0) is 14.5. The molecule has 0 amide bonds. The lowest BCUT2D eigenvalue weighted by molar-refractivity contribution is 0.316. The molecule has 0 heterocycles. The SMILES string of the molecule is C#CCC(C)C(C(=C)C)C(C(=C)C)C(C)[PH](=C)C. The maximum atomic E-state index is 5.47. The Hall–Kier alpha value is -0.660. The predicted molar refractivity (Wildman–Crippen MR) is 90.0 cm³/mol. The molecule has 1 heteroatoms. The van der Waals surface area contributed by atoms with Gasteiger partial charge in [-0.3, -0.25) is 0 Å². The van der Waals surface area contributed by atoms with Gasteiger partial charge in [-0.05, 0) is 43.9 Å². The van der Waals surface area contributed by atoms with E-state index in [0.717, 1.165) is 6.42 Å². The van der Waals surface area contributed by atoms with Gasteiger partial charge in [-0.1, -0.05) is 38.2 Å². The highest BCUT2D eigenvalue weighted by Gasteiger charge is 2.31. The Morgan fingerprint density at radius 2 is 1.61 bits per heavy atom. The molecule has 0 aromatic heterocycles. The Kier molecular flexibility index (Phi) is 7.42. The van der Waals surface area contributed by atoms with Gasteiger partial charge >= 0.3 is 0 Å². The van der Waals surface area contributed by atoms with Gasteiger partial charge in [-0.25, -0.2) is 0 Å². The summed E-state index contributed by atoms with van der Waals surface area (Å²) in [6, 6.07) is 0. The lowest BCUT2D eigenvalue weighted by atomic mass is 9.73. The van der Waals surface area contributed by atoms with Crippen LogP contribution in [0.15, 0.2) is 24.3 Å². The summed E-state index contributed by atoms with van der Waals surface area (Å²) < 4.78 is 0. The first-order chi connectivity index (χ1) is 8.23. The fourth-order valence-electron chi connectivity index (χ4n) is 2.81. The van der Waals surface area contributed by atoms with Gasteiger partial charge in [0, 0.05) is 6.42 Å². The first-order valence-electron chi connectivity index (χ1n) is 6.63. The molecular formula is C17H29P. The van der Waals surface area contributed by atoms with Crippen LogP contribution in [0.2, 0.25) is 0 Å². The number of allylic oxidation sites excluding steroid dienone is 2. The molecule has 0 saturated heterocycles. The van der Waals surface area contributed by atoms with Crippen LogP contribution in [0.1, 0.15) is 34.1 Å². The highest BCUT2D eigenvalue weighted by molar-refractivity contribution is 7.55. The average molecular weight is 264 g/mol. The Morgan fingerprint density at radius 1 is 1.17 bits per heavy atom. The highest BCUT2D eigenvalue weighted by atomic mass is 31.1. The second-order valence-electron chi connectivity index (χ2n) is 5.76. The largest absolute Gasteiger partial charge is 0.124 e. The van der Waals surface area contributed by atoms with Crippen molar-refractivity contribution in [2.45, 2.75) is 39.8 Å². The van der Waals surface area contributed by atoms with Crippen molar-refractivity contribution >= 4 is 13.8 Å². The Labute approximate surface area is 115 Å². The standard InChI is InChI=1S/C17H29P/c1-10-11-14(6)16(12(2)3)17(13(4)5)15(7)18(8)9/h1,14-18H,2,4,8,11H2,3,5-7,9H3. The van der Waals surface area contributed by atoms with Crippen molar-refractivity contribution < 1.29 is 0 Å². The van der Waals surface area contributed by atoms with Gasteiger partial charge in [0.1, 0.15) is 0 Å². The zero-order valence-electron chi connectivity index (χ0n) is 12.7. The third kappa shape index (κ3) is 4.55. The van der Waals surface area contributed by atoms with Crippen LogP contribution in [0, 0.1) is 30.1 Å². The van der Waals surface area contributed by atoms with Gasteiger partial charge in [0.05, 0.1) is 0 Å². The monoisotopic (exact) mass is 264 g/mol. The van der Waals surface area contributed by atoms with Crippen LogP contribution in [-0.4, -0.2) is 18.6 Å². The summed E-state index contributed by atoms with van der Waals surface area (Å²) in [5, 5.41) is 0. The van der Waals surface area contributed by atoms with Crippen molar-refractivity contribution in [3.8, 4) is 12.3 Å². The number of hydrogen-bond donors (Lipinski definition) is 0. The molecule has 0 nitrogen and oxygen atoms in total. The molecule has 0 aromatic rings. The molecule has 0 aliphatic heterocycles. The molecule has 5 unspecified atom stereocenters. The van der Waals surface area contributed by atoms with E-state index in [1.54, 1.807) is 0 Å². The van der Waals surface area contributed by atoms with Crippen molar-refractivity contribution in [3.63, 3.8) is 0 Å². The van der Waals surface area contributed by atoms with Gasteiger partial charge in [-0.2, -0.15) is 0 Å². The lowest BCUT2D eigenvalue weighted by Crippen LogP contribution is -2.30. The van der Waals surface area contributed by atoms with E-state index in [0.29, 0.717) is 23.4 Å². The van der Waals surface area contributed by atoms with E-state index in [1.807, 2.05) is 0 Å². The summed E-state index contributed by atoms with van der Waals surface area (Å²) in [5.41, 5.74) is 3.06. The molecule has 0 radical (unpaired) electrons. The highest BCUT2D eigenvalue weighted by Crippen LogP contribution is 2.42. The summed E-state index contributed by atoms with van der Waals surface area (Å²) in [4.78, 5) is 0. The second-order valence-corrected chi connectivity index (χ2v) is 8.37. The third-order valence-corrected chi connectivity index (χ3v) is 5.81. The molecule has 0 spiro atoms. The zero-order valence-corrected chi connectivity index (χ0v) is 13.7. The molecule has 0 N–H and O–H groups in total. The van der Waals surface area contributed by atoms with Gasteiger partial charge < -0.3 is 0 Å². The van der Waals surface area contributed by atoms with Crippen LogP contribution in [0.3, 0.4) is 0 Å².